The van der Waals surface area contributed by atoms with Crippen LogP contribution in [-0.4, -0.2) is 50.8 Å². The number of hydrogen-bond acceptors (Lipinski definition) is 9. The van der Waals surface area contributed by atoms with Crippen molar-refractivity contribution in [2.24, 2.45) is 17.8 Å². The zero-order valence-electron chi connectivity index (χ0n) is 18.9. The number of esters is 2. The van der Waals surface area contributed by atoms with Crippen molar-refractivity contribution in [1.82, 2.24) is 0 Å². The van der Waals surface area contributed by atoms with Gasteiger partial charge in [-0.15, -0.1) is 0 Å². The molecule has 1 saturated heterocycles. The van der Waals surface area contributed by atoms with Gasteiger partial charge in [-0.3, -0.25) is 13.5 Å². The first-order valence-corrected chi connectivity index (χ1v) is 16.9. The van der Waals surface area contributed by atoms with Gasteiger partial charge in [0, 0.05) is 22.5 Å². The van der Waals surface area contributed by atoms with Crippen molar-refractivity contribution >= 4 is 99.9 Å². The standard InChI is InChI=1S/C21H11F4I3O10S2/c22-10-12(24)19(39(31,32)33)13(25)11(23)17(10)37-21(30)9-5-3-7-16(38-40(34,35)18(7)9)15(5)36-20(29)6-1-4(26)2-8(27)14(6)28/h1-2,5,7,9,15-16,18H,3H2,(H,31,32,33). The molecule has 2 saturated carbocycles. The van der Waals surface area contributed by atoms with Crippen molar-refractivity contribution in [3.8, 4) is 5.75 Å². The van der Waals surface area contributed by atoms with Gasteiger partial charge in [-0.1, -0.05) is 0 Å². The molecule has 3 aliphatic rings. The van der Waals surface area contributed by atoms with E-state index in [0.717, 1.165) is 3.57 Å². The van der Waals surface area contributed by atoms with Gasteiger partial charge in [0.1, 0.15) is 17.5 Å². The third-order valence-electron chi connectivity index (χ3n) is 6.90. The molecule has 40 heavy (non-hydrogen) atoms. The number of ether oxygens (including phenoxy) is 2. The molecule has 6 atom stereocenters. The van der Waals surface area contributed by atoms with Crippen LogP contribution in [0.1, 0.15) is 16.8 Å². The normalized spacial score (nSPS) is 28.1. The van der Waals surface area contributed by atoms with E-state index in [4.69, 9.17) is 13.5 Å². The number of carbonyl (C=O) groups is 2. The predicted octanol–water partition coefficient (Wildman–Crippen LogP) is 3.80. The van der Waals surface area contributed by atoms with Gasteiger partial charge in [0.05, 0.1) is 11.5 Å². The summed E-state index contributed by atoms with van der Waals surface area (Å²) in [6.07, 6.45) is -2.48. The Bertz CT molecular complexity index is 1690. The average Bonchev–Trinajstić information content (AvgIpc) is 3.44. The number of hydrogen-bond donors (Lipinski definition) is 1. The highest BCUT2D eigenvalue weighted by atomic mass is 127. The van der Waals surface area contributed by atoms with Gasteiger partial charge >= 0.3 is 22.1 Å². The Hall–Kier alpha value is -0.890. The minimum Gasteiger partial charge on any atom is -0.456 e. The summed E-state index contributed by atoms with van der Waals surface area (Å²) >= 11 is 5.91. The maximum Gasteiger partial charge on any atom is 0.339 e. The van der Waals surface area contributed by atoms with Gasteiger partial charge < -0.3 is 9.47 Å². The van der Waals surface area contributed by atoms with Crippen molar-refractivity contribution in [1.29, 1.82) is 0 Å². The molecule has 1 N–H and O–H groups in total. The lowest BCUT2D eigenvalue weighted by Crippen LogP contribution is -2.46. The Morgan fingerprint density at radius 2 is 1.60 bits per heavy atom. The Morgan fingerprint density at radius 3 is 2.17 bits per heavy atom. The first-order valence-electron chi connectivity index (χ1n) is 10.8. The van der Waals surface area contributed by atoms with Gasteiger partial charge in [-0.25, -0.2) is 13.6 Å². The van der Waals surface area contributed by atoms with Crippen LogP contribution in [0.25, 0.3) is 0 Å². The smallest absolute Gasteiger partial charge is 0.339 e. The number of benzene rings is 2. The maximum atomic E-state index is 14.5. The average molecular weight is 944 g/mol. The van der Waals surface area contributed by atoms with Crippen LogP contribution in [0, 0.1) is 51.7 Å². The van der Waals surface area contributed by atoms with E-state index >= 15 is 0 Å². The Morgan fingerprint density at radius 1 is 1.00 bits per heavy atom. The van der Waals surface area contributed by atoms with Crippen LogP contribution >= 0.6 is 67.8 Å². The van der Waals surface area contributed by atoms with E-state index in [2.05, 4.69) is 4.74 Å². The molecule has 3 fully saturated rings. The largest absolute Gasteiger partial charge is 0.456 e. The molecule has 1 aliphatic heterocycles. The number of carbonyl (C=O) groups excluding carboxylic acids is 2. The molecule has 216 valence electrons. The van der Waals surface area contributed by atoms with Crippen molar-refractivity contribution < 1.29 is 62.2 Å². The van der Waals surface area contributed by atoms with Crippen LogP contribution < -0.4 is 4.74 Å². The molecule has 0 aromatic heterocycles. The molecule has 0 spiro atoms. The Kier molecular flexibility index (Phi) is 7.93. The zero-order chi connectivity index (χ0) is 29.6. The van der Waals surface area contributed by atoms with E-state index < -0.39 is 101 Å². The molecule has 6 unspecified atom stereocenters. The van der Waals surface area contributed by atoms with Crippen LogP contribution in [0.15, 0.2) is 17.0 Å². The van der Waals surface area contributed by atoms with E-state index in [-0.39, 0.29) is 12.0 Å². The third-order valence-corrected chi connectivity index (χ3v) is 13.2. The van der Waals surface area contributed by atoms with Crippen LogP contribution in [0.2, 0.25) is 0 Å². The van der Waals surface area contributed by atoms with Gasteiger partial charge in [0.15, 0.2) is 16.5 Å². The summed E-state index contributed by atoms with van der Waals surface area (Å²) < 4.78 is 131. The van der Waals surface area contributed by atoms with Gasteiger partial charge in [-0.05, 0) is 86.3 Å². The fourth-order valence-corrected chi connectivity index (χ4v) is 10.5. The molecule has 0 radical (unpaired) electrons. The summed E-state index contributed by atoms with van der Waals surface area (Å²) in [5, 5.41) is -1.57. The van der Waals surface area contributed by atoms with E-state index in [1.165, 1.54) is 6.07 Å². The van der Waals surface area contributed by atoms with E-state index in [0.29, 0.717) is 7.14 Å². The third kappa shape index (κ3) is 4.83. The van der Waals surface area contributed by atoms with Gasteiger partial charge in [0.2, 0.25) is 17.4 Å². The van der Waals surface area contributed by atoms with Crippen LogP contribution in [0.3, 0.4) is 0 Å². The van der Waals surface area contributed by atoms with Crippen LogP contribution in [0.5, 0.6) is 5.75 Å². The van der Waals surface area contributed by atoms with Crippen molar-refractivity contribution in [3.05, 3.63) is 51.7 Å². The molecule has 5 rings (SSSR count). The number of rotatable bonds is 5. The second-order valence-corrected chi connectivity index (χ2v) is 15.6. The Labute approximate surface area is 263 Å². The summed E-state index contributed by atoms with van der Waals surface area (Å²) in [7, 11) is -10.2. The maximum absolute atomic E-state index is 14.5. The summed E-state index contributed by atoms with van der Waals surface area (Å²) in [4.78, 5) is 23.8. The number of fused-ring (bicyclic) bond motifs is 1. The Balaban J connectivity index is 1.49. The van der Waals surface area contributed by atoms with E-state index in [1.807, 2.05) is 67.8 Å². The van der Waals surface area contributed by atoms with Crippen LogP contribution in [-0.2, 0) is 34.0 Å². The van der Waals surface area contributed by atoms with Crippen molar-refractivity contribution in [2.75, 3.05) is 0 Å². The van der Waals surface area contributed by atoms with Crippen molar-refractivity contribution in [3.63, 3.8) is 0 Å². The van der Waals surface area contributed by atoms with Gasteiger partial charge in [-0.2, -0.15) is 25.6 Å². The summed E-state index contributed by atoms with van der Waals surface area (Å²) in [5.41, 5.74) is 0.158. The molecule has 0 amide bonds. The fourth-order valence-electron chi connectivity index (χ4n) is 5.42. The summed E-state index contributed by atoms with van der Waals surface area (Å²) in [6, 6.07) is 3.33. The first-order chi connectivity index (χ1) is 18.5. The van der Waals surface area contributed by atoms with Gasteiger partial charge in [0.25, 0.3) is 10.1 Å². The van der Waals surface area contributed by atoms with E-state index in [1.54, 1.807) is 6.07 Å². The molecule has 2 aromatic carbocycles. The highest BCUT2D eigenvalue weighted by Crippen LogP contribution is 2.59. The molecule has 1 heterocycles. The van der Waals surface area contributed by atoms with Crippen LogP contribution in [0.4, 0.5) is 17.6 Å². The SMILES string of the molecule is O=C(OC1C2CC3C1OS(=O)(=O)C3C2C(=O)Oc1c(F)c(F)c(S(=O)(=O)O)c(F)c1F)c1cc(I)cc(I)c1I. The second-order valence-electron chi connectivity index (χ2n) is 9.04. The van der Waals surface area contributed by atoms with E-state index in [9.17, 15) is 44.0 Å². The zero-order valence-corrected chi connectivity index (χ0v) is 27.0. The predicted molar refractivity (Wildman–Crippen MR) is 148 cm³/mol. The monoisotopic (exact) mass is 944 g/mol. The second kappa shape index (κ2) is 10.4. The molecule has 2 bridgehead atoms. The minimum atomic E-state index is -5.77. The first kappa shape index (κ1) is 30.6. The lowest BCUT2D eigenvalue weighted by Gasteiger charge is -2.30. The molecule has 2 aliphatic carbocycles. The topological polar surface area (TPSA) is 150 Å². The number of halogens is 7. The lowest BCUT2D eigenvalue weighted by molar-refractivity contribution is -0.143. The highest BCUT2D eigenvalue weighted by molar-refractivity contribution is 14.1. The molecular formula is C21H11F4I3O10S2. The lowest BCUT2D eigenvalue weighted by atomic mass is 9.84. The molecule has 2 aromatic rings. The highest BCUT2D eigenvalue weighted by Gasteiger charge is 2.72. The molecule has 19 heteroatoms. The van der Waals surface area contributed by atoms with Crippen molar-refractivity contribution in [2.45, 2.75) is 28.8 Å². The minimum absolute atomic E-state index is 0.0252. The fraction of sp³-hybridized carbons (Fsp3) is 0.333. The quantitative estimate of drug-likeness (QED) is 0.0893. The molecule has 10 nitrogen and oxygen atoms in total. The molecular weight excluding hydrogens is 933 g/mol. The summed E-state index contributed by atoms with van der Waals surface area (Å²) in [6.45, 7) is 0. The summed E-state index contributed by atoms with van der Waals surface area (Å²) in [5.74, 6) is -18.2.